The Bertz CT molecular complexity index is 341. The number of imidazole rings is 1. The Morgan fingerprint density at radius 3 is 2.53 bits per heavy atom. The molecule has 1 aromatic rings. The van der Waals surface area contributed by atoms with Gasteiger partial charge in [-0.25, -0.2) is 4.98 Å². The number of hydrogen-bond acceptors (Lipinski definition) is 1. The number of hydrogen-bond donors (Lipinski definition) is 0. The van der Waals surface area contributed by atoms with Crippen LogP contribution in [0.15, 0.2) is 9.21 Å². The van der Waals surface area contributed by atoms with Crippen molar-refractivity contribution in [3.63, 3.8) is 0 Å². The third-order valence-corrected chi connectivity index (χ3v) is 4.99. The first kappa shape index (κ1) is 11.6. The second-order valence-electron chi connectivity index (χ2n) is 4.13. The van der Waals surface area contributed by atoms with E-state index in [4.69, 9.17) is 0 Å². The molecule has 4 heteroatoms. The molecule has 2 nitrogen and oxygen atoms in total. The minimum atomic E-state index is 0.655. The van der Waals surface area contributed by atoms with Gasteiger partial charge in [0.2, 0.25) is 0 Å². The zero-order valence-corrected chi connectivity index (χ0v) is 12.1. The van der Waals surface area contributed by atoms with Crippen LogP contribution in [0.1, 0.15) is 50.9 Å². The number of rotatable bonds is 2. The molecule has 0 atom stereocenters. The van der Waals surface area contributed by atoms with Gasteiger partial charge in [-0.3, -0.25) is 0 Å². The highest BCUT2D eigenvalue weighted by atomic mass is 79.9. The van der Waals surface area contributed by atoms with Crippen LogP contribution < -0.4 is 0 Å². The Morgan fingerprint density at radius 1 is 1.27 bits per heavy atom. The molecular formula is C11H16Br2N2. The Balaban J connectivity index is 2.31. The average molecular weight is 336 g/mol. The largest absolute Gasteiger partial charge is 0.319 e. The third-order valence-electron chi connectivity index (χ3n) is 3.14. The van der Waals surface area contributed by atoms with Crippen molar-refractivity contribution < 1.29 is 0 Å². The molecule has 0 spiro atoms. The summed E-state index contributed by atoms with van der Waals surface area (Å²) in [5, 5.41) is 0. The molecular weight excluding hydrogens is 320 g/mol. The summed E-state index contributed by atoms with van der Waals surface area (Å²) in [6, 6.07) is 0.655. The number of aryl methyl sites for hydroxylation is 1. The highest BCUT2D eigenvalue weighted by Gasteiger charge is 2.21. The molecule has 2 rings (SSSR count). The normalized spacial score (nSPS) is 18.3. The monoisotopic (exact) mass is 334 g/mol. The van der Waals surface area contributed by atoms with Gasteiger partial charge in [-0.2, -0.15) is 0 Å². The molecule has 1 aromatic heterocycles. The lowest BCUT2D eigenvalue weighted by molar-refractivity contribution is 0.342. The molecule has 0 unspecified atom stereocenters. The molecule has 1 saturated carbocycles. The lowest BCUT2D eigenvalue weighted by Crippen LogP contribution is -2.15. The highest BCUT2D eigenvalue weighted by molar-refractivity contribution is 9.13. The van der Waals surface area contributed by atoms with Gasteiger partial charge in [0.15, 0.2) is 0 Å². The smallest absolute Gasteiger partial charge is 0.139 e. The maximum Gasteiger partial charge on any atom is 0.139 e. The number of nitrogens with zero attached hydrogens (tertiary/aromatic N) is 2. The van der Waals surface area contributed by atoms with Crippen molar-refractivity contribution in [3.05, 3.63) is 15.0 Å². The Kier molecular flexibility index (Phi) is 3.88. The van der Waals surface area contributed by atoms with Crippen molar-refractivity contribution in [2.24, 2.45) is 0 Å². The molecule has 0 bridgehead atoms. The first-order valence-corrected chi connectivity index (χ1v) is 7.24. The number of aromatic nitrogens is 2. The molecule has 84 valence electrons. The van der Waals surface area contributed by atoms with E-state index in [1.807, 2.05) is 0 Å². The summed E-state index contributed by atoms with van der Waals surface area (Å²) >= 11 is 7.13. The second kappa shape index (κ2) is 5.00. The molecule has 0 aliphatic heterocycles. The molecule has 0 amide bonds. The van der Waals surface area contributed by atoms with Crippen molar-refractivity contribution in [3.8, 4) is 0 Å². The van der Waals surface area contributed by atoms with E-state index in [-0.39, 0.29) is 0 Å². The lowest BCUT2D eigenvalue weighted by Gasteiger charge is -2.25. The first-order valence-electron chi connectivity index (χ1n) is 5.66. The van der Waals surface area contributed by atoms with E-state index >= 15 is 0 Å². The zero-order valence-electron chi connectivity index (χ0n) is 8.97. The van der Waals surface area contributed by atoms with Crippen LogP contribution in [0.25, 0.3) is 0 Å². The molecule has 15 heavy (non-hydrogen) atoms. The van der Waals surface area contributed by atoms with Gasteiger partial charge in [0.1, 0.15) is 15.0 Å². The maximum atomic E-state index is 4.54. The van der Waals surface area contributed by atoms with E-state index in [2.05, 4.69) is 48.3 Å². The Hall–Kier alpha value is 0.170. The van der Waals surface area contributed by atoms with Crippen molar-refractivity contribution in [2.75, 3.05) is 0 Å². The van der Waals surface area contributed by atoms with Crippen LogP contribution >= 0.6 is 31.9 Å². The molecule has 0 radical (unpaired) electrons. The number of halogens is 2. The summed E-state index contributed by atoms with van der Waals surface area (Å²) < 4.78 is 4.44. The van der Waals surface area contributed by atoms with Crippen LogP contribution in [0, 0.1) is 0 Å². The van der Waals surface area contributed by atoms with Crippen LogP contribution in [0.2, 0.25) is 0 Å². The van der Waals surface area contributed by atoms with Gasteiger partial charge >= 0.3 is 0 Å². The molecule has 0 N–H and O–H groups in total. The van der Waals surface area contributed by atoms with Crippen LogP contribution in [0.4, 0.5) is 0 Å². The second-order valence-corrected chi connectivity index (χ2v) is 5.63. The minimum absolute atomic E-state index is 0.655. The highest BCUT2D eigenvalue weighted by Crippen LogP contribution is 2.35. The van der Waals surface area contributed by atoms with Crippen LogP contribution in [-0.2, 0) is 6.42 Å². The van der Waals surface area contributed by atoms with Crippen molar-refractivity contribution in [2.45, 2.75) is 51.5 Å². The fourth-order valence-electron chi connectivity index (χ4n) is 2.39. The minimum Gasteiger partial charge on any atom is -0.319 e. The summed E-state index contributed by atoms with van der Waals surface area (Å²) in [7, 11) is 0. The van der Waals surface area contributed by atoms with Gasteiger partial charge in [0.25, 0.3) is 0 Å². The van der Waals surface area contributed by atoms with Crippen molar-refractivity contribution in [1.82, 2.24) is 9.55 Å². The van der Waals surface area contributed by atoms with Crippen molar-refractivity contribution >= 4 is 31.9 Å². The predicted octanol–water partition coefficient (Wildman–Crippen LogP) is 4.48. The molecule has 0 saturated heterocycles. The summed E-state index contributed by atoms with van der Waals surface area (Å²) in [5.74, 6) is 1.20. The molecule has 0 aromatic carbocycles. The first-order chi connectivity index (χ1) is 7.24. The van der Waals surface area contributed by atoms with Gasteiger partial charge < -0.3 is 4.57 Å². The SMILES string of the molecule is CCc1nc(Br)c(Br)n1C1CCCCC1. The molecule has 1 aliphatic rings. The lowest BCUT2D eigenvalue weighted by atomic mass is 9.95. The molecule has 1 heterocycles. The van der Waals surface area contributed by atoms with Gasteiger partial charge in [0.05, 0.1) is 0 Å². The van der Waals surface area contributed by atoms with E-state index < -0.39 is 0 Å². The summed E-state index contributed by atoms with van der Waals surface area (Å²) in [6.07, 6.45) is 7.71. The molecule has 1 fully saturated rings. The predicted molar refractivity (Wildman–Crippen MR) is 69.1 cm³/mol. The summed E-state index contributed by atoms with van der Waals surface area (Å²) in [6.45, 7) is 2.17. The summed E-state index contributed by atoms with van der Waals surface area (Å²) in [5.41, 5.74) is 0. The quantitative estimate of drug-likeness (QED) is 0.779. The average Bonchev–Trinajstić information content (AvgIpc) is 2.56. The van der Waals surface area contributed by atoms with Gasteiger partial charge in [0, 0.05) is 12.5 Å². The van der Waals surface area contributed by atoms with E-state index in [0.29, 0.717) is 6.04 Å². The third kappa shape index (κ3) is 2.31. The standard InChI is InChI=1S/C11H16Br2N2/c1-2-9-14-10(12)11(13)15(9)8-6-4-3-5-7-8/h8H,2-7H2,1H3. The van der Waals surface area contributed by atoms with Gasteiger partial charge in [-0.05, 0) is 44.7 Å². The fourth-order valence-corrected chi connectivity index (χ4v) is 3.36. The van der Waals surface area contributed by atoms with Crippen LogP contribution in [0.3, 0.4) is 0 Å². The van der Waals surface area contributed by atoms with E-state index in [1.165, 1.54) is 37.9 Å². The topological polar surface area (TPSA) is 17.8 Å². The molecule has 1 aliphatic carbocycles. The Labute approximate surface area is 108 Å². The Morgan fingerprint density at radius 2 is 1.93 bits per heavy atom. The zero-order chi connectivity index (χ0) is 10.8. The van der Waals surface area contributed by atoms with E-state index in [1.54, 1.807) is 0 Å². The fraction of sp³-hybridized carbons (Fsp3) is 0.727. The van der Waals surface area contributed by atoms with Crippen LogP contribution in [0.5, 0.6) is 0 Å². The van der Waals surface area contributed by atoms with Crippen LogP contribution in [-0.4, -0.2) is 9.55 Å². The van der Waals surface area contributed by atoms with E-state index in [9.17, 15) is 0 Å². The van der Waals surface area contributed by atoms with Gasteiger partial charge in [-0.15, -0.1) is 0 Å². The van der Waals surface area contributed by atoms with E-state index in [0.717, 1.165) is 15.6 Å². The van der Waals surface area contributed by atoms with Gasteiger partial charge in [-0.1, -0.05) is 26.2 Å². The summed E-state index contributed by atoms with van der Waals surface area (Å²) in [4.78, 5) is 4.54. The maximum absolute atomic E-state index is 4.54. The van der Waals surface area contributed by atoms with Crippen molar-refractivity contribution in [1.29, 1.82) is 0 Å².